The van der Waals surface area contributed by atoms with Crippen molar-refractivity contribution in [3.8, 4) is 0 Å². The fourth-order valence-electron chi connectivity index (χ4n) is 4.74. The van der Waals surface area contributed by atoms with Crippen LogP contribution in [0.25, 0.3) is 6.08 Å². The van der Waals surface area contributed by atoms with Crippen LogP contribution in [0.1, 0.15) is 52.0 Å². The zero-order valence-electron chi connectivity index (χ0n) is 19.0. The molecule has 1 aromatic carbocycles. The number of benzene rings is 1. The maximum atomic E-state index is 12.8. The Kier molecular flexibility index (Phi) is 8.91. The van der Waals surface area contributed by atoms with Crippen LogP contribution in [0.2, 0.25) is 0 Å². The standard InChI is InChI=1S/C25H40N4O/c1-4-14-28-16-12-22(13-17-28)27-23-18-24(25(30)26-20(2)3)29(19-23)15-8-11-21-9-6-5-7-10-21/h5-11,20,22-24,27H,4,12-19H2,1-3H3,(H,26,30)/t23-,24-/m0/s1. The van der Waals surface area contributed by atoms with Gasteiger partial charge < -0.3 is 15.5 Å². The van der Waals surface area contributed by atoms with Gasteiger partial charge in [0.2, 0.25) is 5.91 Å². The molecule has 2 fully saturated rings. The van der Waals surface area contributed by atoms with E-state index in [2.05, 4.69) is 63.8 Å². The number of amides is 1. The summed E-state index contributed by atoms with van der Waals surface area (Å²) < 4.78 is 0. The molecule has 0 unspecified atom stereocenters. The number of nitrogens with one attached hydrogen (secondary N) is 2. The first-order valence-electron chi connectivity index (χ1n) is 11.8. The van der Waals surface area contributed by atoms with Crippen LogP contribution in [0.5, 0.6) is 0 Å². The minimum absolute atomic E-state index is 0.0505. The molecule has 2 aliphatic heterocycles. The first-order valence-corrected chi connectivity index (χ1v) is 11.8. The van der Waals surface area contributed by atoms with E-state index in [1.54, 1.807) is 0 Å². The minimum atomic E-state index is -0.0505. The number of nitrogens with zero attached hydrogens (tertiary/aromatic N) is 2. The van der Waals surface area contributed by atoms with Crippen LogP contribution in [0.15, 0.2) is 36.4 Å². The number of piperidine rings is 1. The molecule has 2 aliphatic rings. The molecule has 0 aliphatic carbocycles. The van der Waals surface area contributed by atoms with Crippen molar-refractivity contribution in [3.63, 3.8) is 0 Å². The van der Waals surface area contributed by atoms with Gasteiger partial charge in [-0.05, 0) is 64.7 Å². The van der Waals surface area contributed by atoms with Crippen molar-refractivity contribution < 1.29 is 4.79 Å². The molecule has 5 heteroatoms. The van der Waals surface area contributed by atoms with Crippen LogP contribution in [0.3, 0.4) is 0 Å². The zero-order valence-corrected chi connectivity index (χ0v) is 19.0. The topological polar surface area (TPSA) is 47.6 Å². The molecular weight excluding hydrogens is 372 g/mol. The van der Waals surface area contributed by atoms with Crippen molar-refractivity contribution in [2.24, 2.45) is 0 Å². The number of likely N-dealkylation sites (tertiary alicyclic amines) is 2. The minimum Gasteiger partial charge on any atom is -0.353 e. The lowest BCUT2D eigenvalue weighted by atomic mass is 10.0. The normalized spacial score (nSPS) is 24.1. The summed E-state index contributed by atoms with van der Waals surface area (Å²) in [6.07, 6.45) is 8.91. The summed E-state index contributed by atoms with van der Waals surface area (Å²) in [6, 6.07) is 11.5. The first kappa shape index (κ1) is 23.0. The number of carbonyl (C=O) groups is 1. The first-order chi connectivity index (χ1) is 14.5. The molecule has 1 amide bonds. The third kappa shape index (κ3) is 6.93. The van der Waals surface area contributed by atoms with Gasteiger partial charge in [-0.25, -0.2) is 0 Å². The number of carbonyl (C=O) groups excluding carboxylic acids is 1. The van der Waals surface area contributed by atoms with Gasteiger partial charge in [0, 0.05) is 31.2 Å². The summed E-state index contributed by atoms with van der Waals surface area (Å²) in [6.45, 7) is 11.7. The van der Waals surface area contributed by atoms with Crippen LogP contribution in [-0.2, 0) is 4.79 Å². The molecule has 3 rings (SSSR count). The van der Waals surface area contributed by atoms with Gasteiger partial charge in [0.15, 0.2) is 0 Å². The quantitative estimate of drug-likeness (QED) is 0.654. The zero-order chi connectivity index (χ0) is 21.3. The molecule has 2 heterocycles. The Balaban J connectivity index is 1.56. The van der Waals surface area contributed by atoms with Gasteiger partial charge in [-0.1, -0.05) is 49.4 Å². The molecule has 0 spiro atoms. The predicted octanol–water partition coefficient (Wildman–Crippen LogP) is 3.13. The van der Waals surface area contributed by atoms with E-state index in [1.165, 1.54) is 44.5 Å². The van der Waals surface area contributed by atoms with Gasteiger partial charge in [-0.15, -0.1) is 0 Å². The van der Waals surface area contributed by atoms with Crippen LogP contribution in [0, 0.1) is 0 Å². The molecule has 2 saturated heterocycles. The van der Waals surface area contributed by atoms with E-state index in [4.69, 9.17) is 0 Å². The Morgan fingerprint density at radius 1 is 1.17 bits per heavy atom. The maximum Gasteiger partial charge on any atom is 0.237 e. The summed E-state index contributed by atoms with van der Waals surface area (Å²) in [4.78, 5) is 17.8. The highest BCUT2D eigenvalue weighted by atomic mass is 16.2. The highest BCUT2D eigenvalue weighted by Gasteiger charge is 2.37. The molecule has 166 valence electrons. The van der Waals surface area contributed by atoms with Crippen LogP contribution in [0.4, 0.5) is 0 Å². The molecule has 0 aromatic heterocycles. The summed E-state index contributed by atoms with van der Waals surface area (Å²) in [5, 5.41) is 7.01. The summed E-state index contributed by atoms with van der Waals surface area (Å²) in [5.74, 6) is 0.167. The molecule has 1 aromatic rings. The van der Waals surface area contributed by atoms with E-state index in [-0.39, 0.29) is 18.0 Å². The molecule has 0 saturated carbocycles. The van der Waals surface area contributed by atoms with Gasteiger partial charge in [-0.3, -0.25) is 9.69 Å². The van der Waals surface area contributed by atoms with Crippen LogP contribution < -0.4 is 10.6 Å². The molecular formula is C25H40N4O. The second-order valence-electron chi connectivity index (χ2n) is 9.16. The fourth-order valence-corrected chi connectivity index (χ4v) is 4.74. The number of rotatable bonds is 9. The summed E-state index contributed by atoms with van der Waals surface area (Å²) in [7, 11) is 0. The molecule has 30 heavy (non-hydrogen) atoms. The van der Waals surface area contributed by atoms with E-state index < -0.39 is 0 Å². The lowest BCUT2D eigenvalue weighted by Crippen LogP contribution is -2.47. The van der Waals surface area contributed by atoms with E-state index in [9.17, 15) is 4.79 Å². The predicted molar refractivity (Wildman–Crippen MR) is 125 cm³/mol. The van der Waals surface area contributed by atoms with Gasteiger partial charge in [0.25, 0.3) is 0 Å². The van der Waals surface area contributed by atoms with E-state index in [0.29, 0.717) is 12.1 Å². The van der Waals surface area contributed by atoms with E-state index in [0.717, 1.165) is 19.5 Å². The highest BCUT2D eigenvalue weighted by Crippen LogP contribution is 2.21. The fraction of sp³-hybridized carbons (Fsp3) is 0.640. The molecule has 2 atom stereocenters. The van der Waals surface area contributed by atoms with E-state index in [1.807, 2.05) is 19.9 Å². The SMILES string of the molecule is CCCN1CCC(N[C@H]2C[C@@H](C(=O)NC(C)C)N(CC=Cc3ccccc3)C2)CC1. The van der Waals surface area contributed by atoms with Crippen LogP contribution in [-0.4, -0.2) is 72.6 Å². The lowest BCUT2D eigenvalue weighted by molar-refractivity contribution is -0.125. The van der Waals surface area contributed by atoms with Crippen molar-refractivity contribution in [2.75, 3.05) is 32.7 Å². The Labute approximate surface area is 182 Å². The second kappa shape index (κ2) is 11.6. The Morgan fingerprint density at radius 2 is 1.90 bits per heavy atom. The summed E-state index contributed by atoms with van der Waals surface area (Å²) >= 11 is 0. The maximum absolute atomic E-state index is 12.8. The number of hydrogen-bond acceptors (Lipinski definition) is 4. The van der Waals surface area contributed by atoms with E-state index >= 15 is 0 Å². The van der Waals surface area contributed by atoms with Crippen molar-refractivity contribution in [2.45, 2.75) is 70.6 Å². The Hall–Kier alpha value is -1.69. The molecule has 2 N–H and O–H groups in total. The Bertz CT molecular complexity index is 667. The van der Waals surface area contributed by atoms with Crippen LogP contribution >= 0.6 is 0 Å². The number of hydrogen-bond donors (Lipinski definition) is 2. The van der Waals surface area contributed by atoms with Gasteiger partial charge >= 0.3 is 0 Å². The monoisotopic (exact) mass is 412 g/mol. The third-order valence-electron chi connectivity index (χ3n) is 6.19. The largest absolute Gasteiger partial charge is 0.353 e. The average molecular weight is 413 g/mol. The average Bonchev–Trinajstić information content (AvgIpc) is 3.13. The molecule has 0 radical (unpaired) electrons. The van der Waals surface area contributed by atoms with Crippen molar-refractivity contribution >= 4 is 12.0 Å². The Morgan fingerprint density at radius 3 is 2.57 bits per heavy atom. The van der Waals surface area contributed by atoms with Gasteiger partial charge in [0.1, 0.15) is 0 Å². The van der Waals surface area contributed by atoms with Crippen molar-refractivity contribution in [1.29, 1.82) is 0 Å². The van der Waals surface area contributed by atoms with Crippen molar-refractivity contribution in [3.05, 3.63) is 42.0 Å². The smallest absolute Gasteiger partial charge is 0.237 e. The third-order valence-corrected chi connectivity index (χ3v) is 6.19. The lowest BCUT2D eigenvalue weighted by Gasteiger charge is -2.33. The molecule has 0 bridgehead atoms. The summed E-state index contributed by atoms with van der Waals surface area (Å²) in [5.41, 5.74) is 1.20. The van der Waals surface area contributed by atoms with Crippen molar-refractivity contribution in [1.82, 2.24) is 20.4 Å². The van der Waals surface area contributed by atoms with Gasteiger partial charge in [0.05, 0.1) is 6.04 Å². The highest BCUT2D eigenvalue weighted by molar-refractivity contribution is 5.82. The molecule has 5 nitrogen and oxygen atoms in total. The van der Waals surface area contributed by atoms with Gasteiger partial charge in [-0.2, -0.15) is 0 Å². The second-order valence-corrected chi connectivity index (χ2v) is 9.16.